The molecule has 2 N–H and O–H groups in total. The van der Waals surface area contributed by atoms with Crippen LogP contribution in [0.1, 0.15) is 17.4 Å². The first kappa shape index (κ1) is 15.2. The number of anilines is 1. The van der Waals surface area contributed by atoms with E-state index in [4.69, 9.17) is 10.5 Å². The Bertz CT molecular complexity index is 703. The molecule has 118 valence electrons. The Labute approximate surface area is 134 Å². The van der Waals surface area contributed by atoms with Gasteiger partial charge >= 0.3 is 0 Å². The largest absolute Gasteiger partial charge is 0.382 e. The summed E-state index contributed by atoms with van der Waals surface area (Å²) >= 11 is 0. The maximum Gasteiger partial charge on any atom is 0.246 e. The van der Waals surface area contributed by atoms with Crippen molar-refractivity contribution in [2.45, 2.75) is 6.10 Å². The molecule has 6 nitrogen and oxygen atoms in total. The Balaban J connectivity index is 1.68. The van der Waals surface area contributed by atoms with Crippen LogP contribution in [0.15, 0.2) is 48.8 Å². The van der Waals surface area contributed by atoms with E-state index in [1.54, 1.807) is 17.2 Å². The third kappa shape index (κ3) is 3.73. The second-order valence-electron chi connectivity index (χ2n) is 5.21. The van der Waals surface area contributed by atoms with Gasteiger partial charge in [0.15, 0.2) is 0 Å². The van der Waals surface area contributed by atoms with E-state index in [2.05, 4.69) is 9.97 Å². The number of hydrogen-bond donors (Lipinski definition) is 1. The fourth-order valence-electron chi connectivity index (χ4n) is 2.46. The number of nitrogens with zero attached hydrogens (tertiary/aromatic N) is 3. The van der Waals surface area contributed by atoms with Crippen molar-refractivity contribution in [2.24, 2.45) is 0 Å². The maximum absolute atomic E-state index is 12.3. The van der Waals surface area contributed by atoms with Crippen molar-refractivity contribution in [2.75, 3.05) is 25.4 Å². The Hall–Kier alpha value is -2.73. The second-order valence-corrected chi connectivity index (χ2v) is 5.21. The summed E-state index contributed by atoms with van der Waals surface area (Å²) in [6, 6.07) is 9.72. The van der Waals surface area contributed by atoms with Gasteiger partial charge in [0.25, 0.3) is 0 Å². The molecule has 0 saturated carbocycles. The Morgan fingerprint density at radius 3 is 2.83 bits per heavy atom. The molecule has 0 bridgehead atoms. The van der Waals surface area contributed by atoms with E-state index in [9.17, 15) is 4.79 Å². The summed E-state index contributed by atoms with van der Waals surface area (Å²) in [7, 11) is 0. The smallest absolute Gasteiger partial charge is 0.246 e. The van der Waals surface area contributed by atoms with Crippen LogP contribution in [-0.2, 0) is 9.53 Å². The SMILES string of the molecule is Nc1nccnc1[C@@H]1CN(C(=O)/C=C/c2ccccc2)CCO1. The number of nitrogen functional groups attached to an aromatic ring is 1. The summed E-state index contributed by atoms with van der Waals surface area (Å²) in [4.78, 5) is 22.3. The van der Waals surface area contributed by atoms with E-state index >= 15 is 0 Å². The van der Waals surface area contributed by atoms with Crippen LogP contribution in [0, 0.1) is 0 Å². The number of nitrogens with two attached hydrogens (primary N) is 1. The van der Waals surface area contributed by atoms with Gasteiger partial charge in [-0.25, -0.2) is 4.98 Å². The molecule has 0 aliphatic carbocycles. The predicted octanol–water partition coefficient (Wildman–Crippen LogP) is 1.67. The summed E-state index contributed by atoms with van der Waals surface area (Å²) in [5.41, 5.74) is 7.41. The molecular formula is C17H18N4O2. The lowest BCUT2D eigenvalue weighted by atomic mass is 10.2. The minimum atomic E-state index is -0.341. The molecule has 6 heteroatoms. The van der Waals surface area contributed by atoms with Gasteiger partial charge in [-0.2, -0.15) is 0 Å². The van der Waals surface area contributed by atoms with Crippen LogP contribution in [0.3, 0.4) is 0 Å². The lowest BCUT2D eigenvalue weighted by molar-refractivity contribution is -0.133. The third-order valence-corrected chi connectivity index (χ3v) is 3.66. The minimum Gasteiger partial charge on any atom is -0.382 e. The third-order valence-electron chi connectivity index (χ3n) is 3.66. The number of amides is 1. The van der Waals surface area contributed by atoms with Gasteiger partial charge in [0.2, 0.25) is 5.91 Å². The quantitative estimate of drug-likeness (QED) is 0.872. The first-order valence-electron chi connectivity index (χ1n) is 7.44. The summed E-state index contributed by atoms with van der Waals surface area (Å²) in [5.74, 6) is 0.288. The van der Waals surface area contributed by atoms with Gasteiger partial charge < -0.3 is 15.4 Å². The molecule has 2 heterocycles. The second kappa shape index (κ2) is 7.02. The van der Waals surface area contributed by atoms with Crippen LogP contribution < -0.4 is 5.73 Å². The summed E-state index contributed by atoms with van der Waals surface area (Å²) in [6.45, 7) is 1.42. The molecule has 0 unspecified atom stereocenters. The lowest BCUT2D eigenvalue weighted by Gasteiger charge is -2.32. The van der Waals surface area contributed by atoms with Crippen molar-refractivity contribution < 1.29 is 9.53 Å². The molecule has 0 radical (unpaired) electrons. The van der Waals surface area contributed by atoms with E-state index in [-0.39, 0.29) is 12.0 Å². The van der Waals surface area contributed by atoms with E-state index in [1.807, 2.05) is 36.4 Å². The first-order chi connectivity index (χ1) is 11.2. The average molecular weight is 310 g/mol. The molecular weight excluding hydrogens is 292 g/mol. The van der Waals surface area contributed by atoms with Gasteiger partial charge in [-0.15, -0.1) is 0 Å². The molecule has 0 spiro atoms. The van der Waals surface area contributed by atoms with Gasteiger partial charge in [0.1, 0.15) is 17.6 Å². The number of carbonyl (C=O) groups is 1. The number of morpholine rings is 1. The number of aromatic nitrogens is 2. The monoisotopic (exact) mass is 310 g/mol. The number of benzene rings is 1. The highest BCUT2D eigenvalue weighted by molar-refractivity contribution is 5.91. The first-order valence-corrected chi connectivity index (χ1v) is 7.44. The van der Waals surface area contributed by atoms with E-state index < -0.39 is 0 Å². The molecule has 1 saturated heterocycles. The zero-order valence-electron chi connectivity index (χ0n) is 12.6. The minimum absolute atomic E-state index is 0.0513. The lowest BCUT2D eigenvalue weighted by Crippen LogP contribution is -2.41. The fourth-order valence-corrected chi connectivity index (χ4v) is 2.46. The molecule has 1 aliphatic heterocycles. The molecule has 3 rings (SSSR count). The molecule has 1 atom stereocenters. The van der Waals surface area contributed by atoms with Crippen molar-refractivity contribution in [3.8, 4) is 0 Å². The van der Waals surface area contributed by atoms with Crippen LogP contribution in [-0.4, -0.2) is 40.5 Å². The van der Waals surface area contributed by atoms with Gasteiger partial charge in [0.05, 0.1) is 13.2 Å². The zero-order chi connectivity index (χ0) is 16.1. The van der Waals surface area contributed by atoms with Crippen LogP contribution >= 0.6 is 0 Å². The molecule has 2 aromatic rings. The normalized spacial score (nSPS) is 18.3. The Morgan fingerprint density at radius 2 is 2.04 bits per heavy atom. The summed E-state index contributed by atoms with van der Waals surface area (Å²) < 4.78 is 5.69. The van der Waals surface area contributed by atoms with Crippen molar-refractivity contribution >= 4 is 17.8 Å². The predicted molar refractivity (Wildman–Crippen MR) is 87.2 cm³/mol. The van der Waals surface area contributed by atoms with Gasteiger partial charge in [0, 0.05) is 25.0 Å². The van der Waals surface area contributed by atoms with Crippen LogP contribution in [0.2, 0.25) is 0 Å². The van der Waals surface area contributed by atoms with Crippen molar-refractivity contribution in [3.63, 3.8) is 0 Å². The Kier molecular flexibility index (Phi) is 4.63. The van der Waals surface area contributed by atoms with Gasteiger partial charge in [-0.05, 0) is 11.6 Å². The zero-order valence-corrected chi connectivity index (χ0v) is 12.6. The van der Waals surface area contributed by atoms with Crippen LogP contribution in [0.4, 0.5) is 5.82 Å². The highest BCUT2D eigenvalue weighted by Gasteiger charge is 2.26. The van der Waals surface area contributed by atoms with Gasteiger partial charge in [-0.1, -0.05) is 30.3 Å². The van der Waals surface area contributed by atoms with E-state index in [1.165, 1.54) is 6.20 Å². The molecule has 1 amide bonds. The van der Waals surface area contributed by atoms with Crippen molar-refractivity contribution in [3.05, 3.63) is 60.1 Å². The Morgan fingerprint density at radius 1 is 1.26 bits per heavy atom. The summed E-state index contributed by atoms with van der Waals surface area (Å²) in [5, 5.41) is 0. The highest BCUT2D eigenvalue weighted by Crippen LogP contribution is 2.23. The van der Waals surface area contributed by atoms with Crippen molar-refractivity contribution in [1.29, 1.82) is 0 Å². The molecule has 1 aliphatic rings. The molecule has 1 fully saturated rings. The molecule has 1 aromatic carbocycles. The summed E-state index contributed by atoms with van der Waals surface area (Å²) in [6.07, 6.45) is 6.16. The van der Waals surface area contributed by atoms with E-state index in [0.29, 0.717) is 31.2 Å². The average Bonchev–Trinajstić information content (AvgIpc) is 2.61. The number of rotatable bonds is 3. The molecule has 1 aromatic heterocycles. The standard InChI is InChI=1S/C17H18N4O2/c18-17-16(19-8-9-20-17)14-12-21(10-11-23-14)15(22)7-6-13-4-2-1-3-5-13/h1-9,14H,10-12H2,(H2,18,20)/b7-6+/t14-/m0/s1. The topological polar surface area (TPSA) is 81.3 Å². The number of hydrogen-bond acceptors (Lipinski definition) is 5. The van der Waals surface area contributed by atoms with Crippen molar-refractivity contribution in [1.82, 2.24) is 14.9 Å². The highest BCUT2D eigenvalue weighted by atomic mass is 16.5. The van der Waals surface area contributed by atoms with Crippen LogP contribution in [0.25, 0.3) is 6.08 Å². The van der Waals surface area contributed by atoms with E-state index in [0.717, 1.165) is 5.56 Å². The van der Waals surface area contributed by atoms with Gasteiger partial charge in [-0.3, -0.25) is 9.78 Å². The maximum atomic E-state index is 12.3. The molecule has 23 heavy (non-hydrogen) atoms. The number of carbonyl (C=O) groups excluding carboxylic acids is 1. The van der Waals surface area contributed by atoms with Crippen LogP contribution in [0.5, 0.6) is 0 Å². The number of ether oxygens (including phenoxy) is 1. The fraction of sp³-hybridized carbons (Fsp3) is 0.235.